The van der Waals surface area contributed by atoms with Crippen molar-refractivity contribution >= 4 is 0 Å². The molecule has 20 heavy (non-hydrogen) atoms. The molecule has 0 saturated carbocycles. The van der Waals surface area contributed by atoms with E-state index in [9.17, 15) is 0 Å². The Morgan fingerprint density at radius 1 is 1.10 bits per heavy atom. The Morgan fingerprint density at radius 2 is 1.85 bits per heavy atom. The number of aryl methyl sites for hydroxylation is 1. The van der Waals surface area contributed by atoms with Gasteiger partial charge in [-0.2, -0.15) is 0 Å². The first-order valence-electron chi connectivity index (χ1n) is 7.62. The molecule has 3 heteroatoms. The van der Waals surface area contributed by atoms with E-state index in [2.05, 4.69) is 43.4 Å². The lowest BCUT2D eigenvalue weighted by Gasteiger charge is -2.18. The van der Waals surface area contributed by atoms with Gasteiger partial charge >= 0.3 is 0 Å². The fraction of sp³-hybridized carbons (Fsp3) is 0.647. The Bertz CT molecular complexity index is 337. The lowest BCUT2D eigenvalue weighted by atomic mass is 9.95. The SMILES string of the molecule is CCNCC(CCOCCCOC)c1ccc(C)cc1. The monoisotopic (exact) mass is 279 g/mol. The lowest BCUT2D eigenvalue weighted by molar-refractivity contribution is 0.0980. The number of likely N-dealkylation sites (N-methyl/N-ethyl adjacent to an activating group) is 1. The van der Waals surface area contributed by atoms with E-state index in [-0.39, 0.29) is 0 Å². The van der Waals surface area contributed by atoms with Crippen LogP contribution in [0.4, 0.5) is 0 Å². The molecule has 0 spiro atoms. The van der Waals surface area contributed by atoms with E-state index >= 15 is 0 Å². The first-order chi connectivity index (χ1) is 9.77. The Labute approximate surface area is 123 Å². The molecule has 1 aromatic carbocycles. The third kappa shape index (κ3) is 7.04. The second-order valence-electron chi connectivity index (χ2n) is 5.16. The van der Waals surface area contributed by atoms with Crippen LogP contribution in [-0.4, -0.2) is 40.0 Å². The van der Waals surface area contributed by atoms with E-state index in [1.807, 2.05) is 0 Å². The fourth-order valence-corrected chi connectivity index (χ4v) is 2.18. The minimum Gasteiger partial charge on any atom is -0.385 e. The van der Waals surface area contributed by atoms with E-state index in [1.54, 1.807) is 7.11 Å². The van der Waals surface area contributed by atoms with Crippen LogP contribution in [0.15, 0.2) is 24.3 Å². The molecule has 0 aromatic heterocycles. The summed E-state index contributed by atoms with van der Waals surface area (Å²) in [5, 5.41) is 3.45. The van der Waals surface area contributed by atoms with E-state index < -0.39 is 0 Å². The number of ether oxygens (including phenoxy) is 2. The number of rotatable bonds is 11. The molecular formula is C17H29NO2. The van der Waals surface area contributed by atoms with Gasteiger partial charge in [-0.3, -0.25) is 0 Å². The zero-order chi connectivity index (χ0) is 14.6. The molecular weight excluding hydrogens is 250 g/mol. The zero-order valence-electron chi connectivity index (χ0n) is 13.2. The normalized spacial score (nSPS) is 12.6. The Hall–Kier alpha value is -0.900. The van der Waals surface area contributed by atoms with Gasteiger partial charge in [0.1, 0.15) is 0 Å². The van der Waals surface area contributed by atoms with Crippen molar-refractivity contribution in [2.75, 3.05) is 40.0 Å². The first-order valence-corrected chi connectivity index (χ1v) is 7.62. The number of hydrogen-bond acceptors (Lipinski definition) is 3. The maximum atomic E-state index is 5.68. The Balaban J connectivity index is 2.37. The van der Waals surface area contributed by atoms with Gasteiger partial charge in [0.15, 0.2) is 0 Å². The number of methoxy groups -OCH3 is 1. The maximum Gasteiger partial charge on any atom is 0.0487 e. The third-order valence-electron chi connectivity index (χ3n) is 3.44. The average molecular weight is 279 g/mol. The number of benzene rings is 1. The molecule has 1 unspecified atom stereocenters. The van der Waals surface area contributed by atoms with Crippen LogP contribution < -0.4 is 5.32 Å². The van der Waals surface area contributed by atoms with Crippen LogP contribution in [0.3, 0.4) is 0 Å². The highest BCUT2D eigenvalue weighted by molar-refractivity contribution is 5.24. The van der Waals surface area contributed by atoms with Crippen LogP contribution in [0.5, 0.6) is 0 Å². The van der Waals surface area contributed by atoms with Crippen molar-refractivity contribution in [1.82, 2.24) is 5.32 Å². The number of hydrogen-bond donors (Lipinski definition) is 1. The predicted molar refractivity (Wildman–Crippen MR) is 84.4 cm³/mol. The predicted octanol–water partition coefficient (Wildman–Crippen LogP) is 3.13. The molecule has 1 atom stereocenters. The third-order valence-corrected chi connectivity index (χ3v) is 3.44. The first kappa shape index (κ1) is 17.2. The van der Waals surface area contributed by atoms with E-state index in [1.165, 1.54) is 11.1 Å². The molecule has 1 aromatic rings. The fourth-order valence-electron chi connectivity index (χ4n) is 2.18. The minimum atomic E-state index is 0.526. The summed E-state index contributed by atoms with van der Waals surface area (Å²) in [5.74, 6) is 0.526. The summed E-state index contributed by atoms with van der Waals surface area (Å²) in [5.41, 5.74) is 2.71. The molecule has 0 fully saturated rings. The molecule has 0 aliphatic rings. The summed E-state index contributed by atoms with van der Waals surface area (Å²) in [7, 11) is 1.73. The standard InChI is InChI=1S/C17H29NO2/c1-4-18-14-17(10-13-20-12-5-11-19-3)16-8-6-15(2)7-9-16/h6-9,17-18H,4-5,10-14H2,1-3H3. The Kier molecular flexibility index (Phi) is 9.29. The van der Waals surface area contributed by atoms with Gasteiger partial charge in [0.2, 0.25) is 0 Å². The second-order valence-corrected chi connectivity index (χ2v) is 5.16. The summed E-state index contributed by atoms with van der Waals surface area (Å²) in [6.45, 7) is 8.68. The van der Waals surface area contributed by atoms with Crippen LogP contribution in [-0.2, 0) is 9.47 Å². The summed E-state index contributed by atoms with van der Waals surface area (Å²) in [6, 6.07) is 8.85. The van der Waals surface area contributed by atoms with Gasteiger partial charge in [-0.15, -0.1) is 0 Å². The largest absolute Gasteiger partial charge is 0.385 e. The van der Waals surface area contributed by atoms with Crippen molar-refractivity contribution in [3.05, 3.63) is 35.4 Å². The topological polar surface area (TPSA) is 30.5 Å². The minimum absolute atomic E-state index is 0.526. The second kappa shape index (κ2) is 10.8. The van der Waals surface area contributed by atoms with Gasteiger partial charge < -0.3 is 14.8 Å². The van der Waals surface area contributed by atoms with Crippen LogP contribution in [0, 0.1) is 6.92 Å². The summed E-state index contributed by atoms with van der Waals surface area (Å²) in [4.78, 5) is 0. The Morgan fingerprint density at radius 3 is 2.50 bits per heavy atom. The van der Waals surface area contributed by atoms with Gasteiger partial charge in [0.05, 0.1) is 0 Å². The molecule has 1 rings (SSSR count). The van der Waals surface area contributed by atoms with E-state index in [4.69, 9.17) is 9.47 Å². The maximum absolute atomic E-state index is 5.68. The van der Waals surface area contributed by atoms with Crippen molar-refractivity contribution in [3.8, 4) is 0 Å². The molecule has 0 bridgehead atoms. The molecule has 0 aliphatic carbocycles. The van der Waals surface area contributed by atoms with Crippen molar-refractivity contribution in [2.45, 2.75) is 32.6 Å². The van der Waals surface area contributed by atoms with Gasteiger partial charge in [-0.1, -0.05) is 36.8 Å². The summed E-state index contributed by atoms with van der Waals surface area (Å²) < 4.78 is 10.7. The van der Waals surface area contributed by atoms with Gasteiger partial charge in [-0.25, -0.2) is 0 Å². The van der Waals surface area contributed by atoms with Crippen molar-refractivity contribution in [3.63, 3.8) is 0 Å². The molecule has 0 aliphatic heterocycles. The van der Waals surface area contributed by atoms with Gasteiger partial charge in [0.25, 0.3) is 0 Å². The van der Waals surface area contributed by atoms with Crippen LogP contribution in [0.2, 0.25) is 0 Å². The van der Waals surface area contributed by atoms with Gasteiger partial charge in [0, 0.05) is 33.5 Å². The zero-order valence-corrected chi connectivity index (χ0v) is 13.2. The molecule has 0 amide bonds. The molecule has 0 saturated heterocycles. The molecule has 1 N–H and O–H groups in total. The molecule has 3 nitrogen and oxygen atoms in total. The lowest BCUT2D eigenvalue weighted by Crippen LogP contribution is -2.22. The van der Waals surface area contributed by atoms with Crippen LogP contribution in [0.1, 0.15) is 36.8 Å². The quantitative estimate of drug-likeness (QED) is 0.631. The van der Waals surface area contributed by atoms with Crippen LogP contribution in [0.25, 0.3) is 0 Å². The smallest absolute Gasteiger partial charge is 0.0487 e. The highest BCUT2D eigenvalue weighted by atomic mass is 16.5. The van der Waals surface area contributed by atoms with Gasteiger partial charge in [-0.05, 0) is 37.8 Å². The molecule has 0 heterocycles. The van der Waals surface area contributed by atoms with Crippen molar-refractivity contribution < 1.29 is 9.47 Å². The summed E-state index contributed by atoms with van der Waals surface area (Å²) >= 11 is 0. The number of nitrogens with one attached hydrogen (secondary N) is 1. The highest BCUT2D eigenvalue weighted by Crippen LogP contribution is 2.19. The van der Waals surface area contributed by atoms with E-state index in [0.29, 0.717) is 5.92 Å². The van der Waals surface area contributed by atoms with E-state index in [0.717, 1.165) is 45.8 Å². The molecule has 0 radical (unpaired) electrons. The van der Waals surface area contributed by atoms with Crippen molar-refractivity contribution in [1.29, 1.82) is 0 Å². The van der Waals surface area contributed by atoms with Crippen LogP contribution >= 0.6 is 0 Å². The molecule has 114 valence electrons. The highest BCUT2D eigenvalue weighted by Gasteiger charge is 2.10. The van der Waals surface area contributed by atoms with Crippen molar-refractivity contribution in [2.24, 2.45) is 0 Å². The average Bonchev–Trinajstić information content (AvgIpc) is 2.47. The summed E-state index contributed by atoms with van der Waals surface area (Å²) in [6.07, 6.45) is 2.03.